The highest BCUT2D eigenvalue weighted by Gasteiger charge is 2.74. The van der Waals surface area contributed by atoms with Crippen LogP contribution in [0.3, 0.4) is 0 Å². The van der Waals surface area contributed by atoms with E-state index in [0.717, 1.165) is 6.07 Å². The predicted octanol–water partition coefficient (Wildman–Crippen LogP) is 12.2. The van der Waals surface area contributed by atoms with Crippen molar-refractivity contribution in [3.05, 3.63) is 42.2 Å². The molecule has 0 saturated carbocycles. The van der Waals surface area contributed by atoms with E-state index in [1.807, 2.05) is 0 Å². The van der Waals surface area contributed by atoms with Crippen LogP contribution < -0.4 is 0 Å². The smallest absolute Gasteiger partial charge is 0.211 e. The fraction of sp³-hybridized carbons (Fsp3) is 0.333. The van der Waals surface area contributed by atoms with Gasteiger partial charge in [-0.15, -0.1) is 0 Å². The molecule has 0 saturated heterocycles. The second-order valence-electron chi connectivity index (χ2n) is 6.91. The molecule has 0 radical (unpaired) electrons. The highest BCUT2D eigenvalue weighted by molar-refractivity contribution is 9.11. The molecule has 2 aromatic carbocycles. The van der Waals surface area contributed by atoms with Crippen molar-refractivity contribution in [2.45, 2.75) is 44.5 Å². The maximum absolute atomic E-state index is 14.5. The summed E-state index contributed by atoms with van der Waals surface area (Å²) in [6, 6.07) is 2.84. The lowest BCUT2D eigenvalue weighted by Crippen LogP contribution is -2.50. The summed E-state index contributed by atoms with van der Waals surface area (Å²) < 4.78 is 184. The van der Waals surface area contributed by atoms with E-state index < -0.39 is 88.1 Å². The normalized spacial score (nSPS) is 14.3. The van der Waals surface area contributed by atoms with Crippen molar-refractivity contribution >= 4 is 87.2 Å². The third-order valence-electron chi connectivity index (χ3n) is 4.25. The van der Waals surface area contributed by atoms with Crippen LogP contribution in [0.5, 0.6) is 0 Å². The van der Waals surface area contributed by atoms with Gasteiger partial charge in [0.25, 0.3) is 0 Å². The molecule has 0 aliphatic rings. The molecular weight excluding hydrogens is 866 g/mol. The van der Waals surface area contributed by atoms with Crippen molar-refractivity contribution in [1.29, 1.82) is 0 Å². The van der Waals surface area contributed by atoms with Crippen LogP contribution in [-0.4, -0.2) is 34.7 Å². The molecule has 0 bridgehead atoms. The zero-order valence-corrected chi connectivity index (χ0v) is 24.9. The van der Waals surface area contributed by atoms with Crippen molar-refractivity contribution in [2.24, 2.45) is 0 Å². The van der Waals surface area contributed by atoms with Gasteiger partial charge in [0.2, 0.25) is 0 Å². The monoisotopic (exact) mass is 866 g/mol. The second kappa shape index (κ2) is 11.1. The van der Waals surface area contributed by atoms with Gasteiger partial charge < -0.3 is 0 Å². The first kappa shape index (κ1) is 34.3. The SMILES string of the molecule is FC(F)(F)C(F)(Sc1cc(Br)c(-c2c(Br)cc(Br)cc2SC(F)(C(F)(F)F)C(F)(F)F)c(Br)c1)C(F)(F)F. The minimum absolute atomic E-state index is 0.126. The summed E-state index contributed by atoms with van der Waals surface area (Å²) in [6.45, 7) is 0. The summed E-state index contributed by atoms with van der Waals surface area (Å²) in [7, 11) is 0. The number of benzene rings is 2. The molecule has 0 fully saturated rings. The van der Waals surface area contributed by atoms with Crippen LogP contribution in [0.2, 0.25) is 0 Å². The van der Waals surface area contributed by atoms with Gasteiger partial charge in [-0.1, -0.05) is 87.2 Å². The summed E-state index contributed by atoms with van der Waals surface area (Å²) in [5.41, 5.74) is -0.978. The average Bonchev–Trinajstić information content (AvgIpc) is 2.65. The molecule has 38 heavy (non-hydrogen) atoms. The molecule has 0 aromatic heterocycles. The van der Waals surface area contributed by atoms with Crippen molar-refractivity contribution < 1.29 is 61.5 Å². The Kier molecular flexibility index (Phi) is 9.97. The fourth-order valence-electron chi connectivity index (χ4n) is 2.59. The van der Waals surface area contributed by atoms with Gasteiger partial charge in [-0.3, -0.25) is 0 Å². The third kappa shape index (κ3) is 6.59. The van der Waals surface area contributed by atoms with E-state index in [0.29, 0.717) is 18.2 Å². The summed E-state index contributed by atoms with van der Waals surface area (Å²) in [4.78, 5) is -1.98. The molecule has 0 N–H and O–H groups in total. The highest BCUT2D eigenvalue weighted by atomic mass is 79.9. The molecule has 0 amide bonds. The predicted molar refractivity (Wildman–Crippen MR) is 126 cm³/mol. The lowest BCUT2D eigenvalue weighted by molar-refractivity contribution is -0.303. The van der Waals surface area contributed by atoms with Crippen LogP contribution in [0.25, 0.3) is 11.1 Å². The molecular formula is C18H4Br4F14S2. The number of hydrogen-bond donors (Lipinski definition) is 0. The van der Waals surface area contributed by atoms with E-state index in [9.17, 15) is 61.5 Å². The van der Waals surface area contributed by atoms with E-state index >= 15 is 0 Å². The molecule has 2 rings (SSSR count). The Labute approximate surface area is 245 Å². The Hall–Kier alpha value is 0.0800. The largest absolute Gasteiger partial charge is 0.441 e. The van der Waals surface area contributed by atoms with Gasteiger partial charge in [-0.25, -0.2) is 8.78 Å². The van der Waals surface area contributed by atoms with E-state index in [1.165, 1.54) is 0 Å². The zero-order chi connectivity index (χ0) is 29.9. The summed E-state index contributed by atoms with van der Waals surface area (Å²) >= 11 is 8.71. The van der Waals surface area contributed by atoms with Gasteiger partial charge in [0.05, 0.1) is 0 Å². The molecule has 2 aromatic rings. The van der Waals surface area contributed by atoms with Crippen molar-refractivity contribution in [1.82, 2.24) is 0 Å². The molecule has 20 heteroatoms. The molecule has 0 aliphatic carbocycles. The molecule has 0 nitrogen and oxygen atoms in total. The van der Waals surface area contributed by atoms with Crippen LogP contribution in [0, 0.1) is 0 Å². The first-order valence-corrected chi connectivity index (χ1v) is 13.6. The van der Waals surface area contributed by atoms with Gasteiger partial charge in [0.1, 0.15) is 0 Å². The minimum atomic E-state index is -6.46. The van der Waals surface area contributed by atoms with E-state index in [1.54, 1.807) is 0 Å². The number of thioether (sulfide) groups is 2. The lowest BCUT2D eigenvalue weighted by Gasteiger charge is -2.30. The Morgan fingerprint density at radius 2 is 0.789 bits per heavy atom. The maximum Gasteiger partial charge on any atom is 0.441 e. The lowest BCUT2D eigenvalue weighted by atomic mass is 10.1. The quantitative estimate of drug-likeness (QED) is 0.217. The average molecular weight is 870 g/mol. The van der Waals surface area contributed by atoms with Crippen molar-refractivity contribution in [2.75, 3.05) is 0 Å². The number of hydrogen-bond acceptors (Lipinski definition) is 2. The van der Waals surface area contributed by atoms with Gasteiger partial charge in [-0.05, 0) is 24.3 Å². The van der Waals surface area contributed by atoms with Crippen LogP contribution in [-0.2, 0) is 0 Å². The first-order chi connectivity index (χ1) is 16.8. The third-order valence-corrected chi connectivity index (χ3v) is 9.09. The van der Waals surface area contributed by atoms with Gasteiger partial charge in [0.15, 0.2) is 0 Å². The maximum atomic E-state index is 14.5. The Morgan fingerprint density at radius 3 is 1.16 bits per heavy atom. The van der Waals surface area contributed by atoms with Crippen LogP contribution >= 0.6 is 87.2 Å². The number of rotatable bonds is 5. The number of halogens is 18. The van der Waals surface area contributed by atoms with Gasteiger partial charge in [-0.2, -0.15) is 52.7 Å². The minimum Gasteiger partial charge on any atom is -0.211 e. The summed E-state index contributed by atoms with van der Waals surface area (Å²) in [5, 5.41) is -11.6. The first-order valence-electron chi connectivity index (χ1n) is 8.78. The summed E-state index contributed by atoms with van der Waals surface area (Å²) in [6.07, 6.45) is -25.8. The van der Waals surface area contributed by atoms with Gasteiger partial charge >= 0.3 is 34.7 Å². The topological polar surface area (TPSA) is 0 Å². The molecule has 0 atom stereocenters. The molecule has 214 valence electrons. The van der Waals surface area contributed by atoms with Crippen LogP contribution in [0.15, 0.2) is 51.9 Å². The van der Waals surface area contributed by atoms with Crippen LogP contribution in [0.4, 0.5) is 61.5 Å². The molecule has 0 aliphatic heterocycles. The summed E-state index contributed by atoms with van der Waals surface area (Å²) in [5.74, 6) is 0. The van der Waals surface area contributed by atoms with Crippen LogP contribution in [0.1, 0.15) is 0 Å². The van der Waals surface area contributed by atoms with Gasteiger partial charge in [0, 0.05) is 38.8 Å². The van der Waals surface area contributed by atoms with E-state index in [4.69, 9.17) is 0 Å². The molecule has 0 heterocycles. The zero-order valence-electron chi connectivity index (χ0n) is 16.9. The van der Waals surface area contributed by atoms with E-state index in [2.05, 4.69) is 63.7 Å². The fourth-order valence-corrected chi connectivity index (χ4v) is 8.12. The van der Waals surface area contributed by atoms with Crippen molar-refractivity contribution in [3.8, 4) is 11.1 Å². The standard InChI is InChI=1S/C18H4Br4F14S2/c19-5-1-7(20)12(10(2-5)38-14(24,17(31,32)33)18(34,35)36)11-8(21)3-6(4-9(11)22)37-13(23,15(25,26)27)16(28,29)30/h1-4H. The Morgan fingerprint density at radius 1 is 0.447 bits per heavy atom. The molecule has 0 unspecified atom stereocenters. The Bertz CT molecular complexity index is 1150. The highest BCUT2D eigenvalue weighted by Crippen LogP contribution is 2.60. The van der Waals surface area contributed by atoms with Crippen molar-refractivity contribution in [3.63, 3.8) is 0 Å². The molecule has 0 spiro atoms. The van der Waals surface area contributed by atoms with E-state index in [-0.39, 0.29) is 8.95 Å². The number of alkyl halides is 14. The second-order valence-corrected chi connectivity index (χ2v) is 12.8. The Balaban J connectivity index is 2.77.